The molecule has 1 aliphatic rings. The molecule has 1 N–H and O–H groups in total. The van der Waals surface area contributed by atoms with Gasteiger partial charge in [0.2, 0.25) is 15.9 Å². The predicted octanol–water partition coefficient (Wildman–Crippen LogP) is 3.92. The number of nitrogens with zero attached hydrogens (tertiary/aromatic N) is 1. The zero-order chi connectivity index (χ0) is 20.9. The Morgan fingerprint density at radius 2 is 2.03 bits per heavy atom. The van der Waals surface area contributed by atoms with Gasteiger partial charge in [0.25, 0.3) is 0 Å². The number of hydrogen-bond acceptors (Lipinski definition) is 4. The Bertz CT molecular complexity index is 965. The molecule has 29 heavy (non-hydrogen) atoms. The standard InChI is InChI=1S/C21H25ClN2O4S/c1-2-28-20-11-4-3-10-19(20)23-21(25)17-8-6-12-24(14-17)29(26,27)15-16-7-5-9-18(22)13-16/h3-5,7,9-11,13,17H,2,6,8,12,14-15H2,1H3,(H,23,25)/t17-/m1/s1. The minimum Gasteiger partial charge on any atom is -0.492 e. The second-order valence-electron chi connectivity index (χ2n) is 7.00. The molecule has 1 fully saturated rings. The summed E-state index contributed by atoms with van der Waals surface area (Å²) in [5, 5.41) is 3.39. The molecule has 8 heteroatoms. The van der Waals surface area contributed by atoms with Gasteiger partial charge in [0.05, 0.1) is 24.0 Å². The summed E-state index contributed by atoms with van der Waals surface area (Å²) >= 11 is 5.96. The molecule has 1 aliphatic heterocycles. The Balaban J connectivity index is 1.67. The summed E-state index contributed by atoms with van der Waals surface area (Å²) in [5.74, 6) is -0.133. The van der Waals surface area contributed by atoms with Gasteiger partial charge in [0.1, 0.15) is 5.75 Å². The van der Waals surface area contributed by atoms with Crippen LogP contribution >= 0.6 is 11.6 Å². The van der Waals surface area contributed by atoms with Crippen LogP contribution in [0.3, 0.4) is 0 Å². The lowest BCUT2D eigenvalue weighted by Gasteiger charge is -2.31. The van der Waals surface area contributed by atoms with Crippen LogP contribution < -0.4 is 10.1 Å². The Labute approximate surface area is 176 Å². The summed E-state index contributed by atoms with van der Waals surface area (Å²) in [5.41, 5.74) is 1.23. The Morgan fingerprint density at radius 1 is 1.24 bits per heavy atom. The summed E-state index contributed by atoms with van der Waals surface area (Å²) in [6, 6.07) is 14.1. The van der Waals surface area contributed by atoms with Crippen molar-refractivity contribution in [1.29, 1.82) is 0 Å². The minimum absolute atomic E-state index is 0.130. The number of benzene rings is 2. The van der Waals surface area contributed by atoms with Crippen LogP contribution in [0, 0.1) is 5.92 Å². The largest absolute Gasteiger partial charge is 0.492 e. The predicted molar refractivity (Wildman–Crippen MR) is 115 cm³/mol. The molecule has 0 unspecified atom stereocenters. The minimum atomic E-state index is -3.54. The first kappa shape index (κ1) is 21.6. The van der Waals surface area contributed by atoms with E-state index in [1.54, 1.807) is 36.4 Å². The fourth-order valence-electron chi connectivity index (χ4n) is 3.42. The van der Waals surface area contributed by atoms with E-state index in [4.69, 9.17) is 16.3 Å². The van der Waals surface area contributed by atoms with Crippen molar-refractivity contribution in [1.82, 2.24) is 4.31 Å². The first-order valence-corrected chi connectivity index (χ1v) is 11.6. The van der Waals surface area contributed by atoms with Gasteiger partial charge in [-0.3, -0.25) is 4.79 Å². The third-order valence-electron chi connectivity index (χ3n) is 4.83. The molecule has 0 spiro atoms. The van der Waals surface area contributed by atoms with Gasteiger partial charge < -0.3 is 10.1 Å². The highest BCUT2D eigenvalue weighted by molar-refractivity contribution is 7.88. The lowest BCUT2D eigenvalue weighted by atomic mass is 9.98. The van der Waals surface area contributed by atoms with Crippen molar-refractivity contribution in [2.75, 3.05) is 25.0 Å². The van der Waals surface area contributed by atoms with E-state index in [9.17, 15) is 13.2 Å². The first-order chi connectivity index (χ1) is 13.9. The van der Waals surface area contributed by atoms with E-state index in [1.165, 1.54) is 4.31 Å². The lowest BCUT2D eigenvalue weighted by Crippen LogP contribution is -2.44. The van der Waals surface area contributed by atoms with Crippen LogP contribution in [0.2, 0.25) is 5.02 Å². The highest BCUT2D eigenvalue weighted by Gasteiger charge is 2.32. The molecule has 0 bridgehead atoms. The molecule has 0 saturated carbocycles. The van der Waals surface area contributed by atoms with Gasteiger partial charge in [-0.25, -0.2) is 12.7 Å². The maximum absolute atomic E-state index is 12.9. The van der Waals surface area contributed by atoms with Crippen molar-refractivity contribution in [2.45, 2.75) is 25.5 Å². The van der Waals surface area contributed by atoms with E-state index in [0.29, 0.717) is 48.0 Å². The Hall–Kier alpha value is -2.09. The number of para-hydroxylation sites is 2. The molecule has 2 aromatic rings. The van der Waals surface area contributed by atoms with Gasteiger partial charge in [0, 0.05) is 18.1 Å². The number of halogens is 1. The van der Waals surface area contributed by atoms with E-state index >= 15 is 0 Å². The molecular formula is C21H25ClN2O4S. The first-order valence-electron chi connectivity index (χ1n) is 9.64. The number of amides is 1. The summed E-state index contributed by atoms with van der Waals surface area (Å²) in [4.78, 5) is 12.8. The van der Waals surface area contributed by atoms with Crippen molar-refractivity contribution in [2.24, 2.45) is 5.92 Å². The SMILES string of the molecule is CCOc1ccccc1NC(=O)[C@@H]1CCCN(S(=O)(=O)Cc2cccc(Cl)c2)C1. The number of carbonyl (C=O) groups is 1. The smallest absolute Gasteiger partial charge is 0.228 e. The van der Waals surface area contributed by atoms with E-state index in [2.05, 4.69) is 5.32 Å². The van der Waals surface area contributed by atoms with E-state index < -0.39 is 15.9 Å². The molecule has 1 heterocycles. The summed E-state index contributed by atoms with van der Waals surface area (Å²) in [6.45, 7) is 2.96. The molecule has 1 saturated heterocycles. The lowest BCUT2D eigenvalue weighted by molar-refractivity contribution is -0.120. The summed E-state index contributed by atoms with van der Waals surface area (Å²) in [7, 11) is -3.54. The summed E-state index contributed by atoms with van der Waals surface area (Å²) in [6.07, 6.45) is 1.28. The number of piperidine rings is 1. The Kier molecular flexibility index (Phi) is 7.16. The van der Waals surface area contributed by atoms with Crippen LogP contribution in [-0.2, 0) is 20.6 Å². The number of carbonyl (C=O) groups excluding carboxylic acids is 1. The number of hydrogen-bond donors (Lipinski definition) is 1. The van der Waals surface area contributed by atoms with Crippen LogP contribution in [0.15, 0.2) is 48.5 Å². The second kappa shape index (κ2) is 9.61. The maximum Gasteiger partial charge on any atom is 0.228 e. The van der Waals surface area contributed by atoms with Gasteiger partial charge in [0.15, 0.2) is 0 Å². The highest BCUT2D eigenvalue weighted by atomic mass is 35.5. The molecule has 0 radical (unpaired) electrons. The highest BCUT2D eigenvalue weighted by Crippen LogP contribution is 2.27. The quantitative estimate of drug-likeness (QED) is 0.713. The van der Waals surface area contributed by atoms with Crippen molar-refractivity contribution in [3.05, 3.63) is 59.1 Å². The van der Waals surface area contributed by atoms with Crippen molar-refractivity contribution >= 4 is 33.2 Å². The molecule has 156 valence electrons. The van der Waals surface area contributed by atoms with Crippen LogP contribution in [0.5, 0.6) is 5.75 Å². The number of ether oxygens (including phenoxy) is 1. The molecule has 1 atom stereocenters. The summed E-state index contributed by atoms with van der Waals surface area (Å²) < 4.78 is 32.7. The van der Waals surface area contributed by atoms with E-state index in [0.717, 1.165) is 0 Å². The maximum atomic E-state index is 12.9. The molecular weight excluding hydrogens is 412 g/mol. The number of nitrogens with one attached hydrogen (secondary N) is 1. The fourth-order valence-corrected chi connectivity index (χ4v) is 5.23. The third kappa shape index (κ3) is 5.72. The average Bonchev–Trinajstić information content (AvgIpc) is 2.69. The normalized spacial score (nSPS) is 17.7. The van der Waals surface area contributed by atoms with Crippen LogP contribution in [0.25, 0.3) is 0 Å². The molecule has 1 amide bonds. The van der Waals surface area contributed by atoms with Gasteiger partial charge in [-0.05, 0) is 49.6 Å². The topological polar surface area (TPSA) is 75.7 Å². The zero-order valence-corrected chi connectivity index (χ0v) is 17.9. The van der Waals surface area contributed by atoms with Crippen LogP contribution in [-0.4, -0.2) is 38.3 Å². The van der Waals surface area contributed by atoms with Gasteiger partial charge >= 0.3 is 0 Å². The monoisotopic (exact) mass is 436 g/mol. The van der Waals surface area contributed by atoms with Crippen molar-refractivity contribution in [3.63, 3.8) is 0 Å². The van der Waals surface area contributed by atoms with Gasteiger partial charge in [-0.1, -0.05) is 35.9 Å². The molecule has 2 aromatic carbocycles. The average molecular weight is 437 g/mol. The van der Waals surface area contributed by atoms with Crippen LogP contribution in [0.1, 0.15) is 25.3 Å². The fraction of sp³-hybridized carbons (Fsp3) is 0.381. The Morgan fingerprint density at radius 3 is 2.79 bits per heavy atom. The number of anilines is 1. The molecule has 0 aromatic heterocycles. The third-order valence-corrected chi connectivity index (χ3v) is 6.88. The van der Waals surface area contributed by atoms with Gasteiger partial charge in [-0.15, -0.1) is 0 Å². The van der Waals surface area contributed by atoms with Crippen LogP contribution in [0.4, 0.5) is 5.69 Å². The number of rotatable bonds is 7. The second-order valence-corrected chi connectivity index (χ2v) is 9.41. The molecule has 3 rings (SSSR count). The van der Waals surface area contributed by atoms with E-state index in [1.807, 2.05) is 19.1 Å². The number of sulfonamides is 1. The van der Waals surface area contributed by atoms with Gasteiger partial charge in [-0.2, -0.15) is 0 Å². The van der Waals surface area contributed by atoms with Crippen molar-refractivity contribution < 1.29 is 17.9 Å². The van der Waals surface area contributed by atoms with E-state index in [-0.39, 0.29) is 18.2 Å². The zero-order valence-electron chi connectivity index (χ0n) is 16.3. The van der Waals surface area contributed by atoms with Crippen molar-refractivity contribution in [3.8, 4) is 5.75 Å². The molecule has 6 nitrogen and oxygen atoms in total. The molecule has 0 aliphatic carbocycles.